The Hall–Kier alpha value is -0.610. The van der Waals surface area contributed by atoms with E-state index in [1.54, 1.807) is 0 Å². The second-order valence-electron chi connectivity index (χ2n) is 6.74. The lowest BCUT2D eigenvalue weighted by Crippen LogP contribution is -2.62. The van der Waals surface area contributed by atoms with Crippen LogP contribution in [0.5, 0.6) is 0 Å². The predicted molar refractivity (Wildman–Crippen MR) is 79.9 cm³/mol. The first-order chi connectivity index (χ1) is 8.76. The summed E-state index contributed by atoms with van der Waals surface area (Å²) in [7, 11) is 2.12. The van der Waals surface area contributed by atoms with Gasteiger partial charge in [-0.15, -0.1) is 0 Å². The standard InChI is InChI=1S/C15H31N3O/c1-11(2)17-15(4,14(16)19)10-18(5)13-9-7-6-8-12(13)3/h11-13,17H,6-10H2,1-5H3,(H2,16,19). The monoisotopic (exact) mass is 269 g/mol. The number of primary amides is 1. The fourth-order valence-corrected chi connectivity index (χ4v) is 3.40. The van der Waals surface area contributed by atoms with Crippen molar-refractivity contribution >= 4 is 5.91 Å². The highest BCUT2D eigenvalue weighted by Gasteiger charge is 2.36. The van der Waals surface area contributed by atoms with Crippen LogP contribution in [0, 0.1) is 5.92 Å². The van der Waals surface area contributed by atoms with Crippen molar-refractivity contribution in [1.29, 1.82) is 0 Å². The van der Waals surface area contributed by atoms with Gasteiger partial charge in [0.25, 0.3) is 0 Å². The van der Waals surface area contributed by atoms with Gasteiger partial charge >= 0.3 is 0 Å². The lowest BCUT2D eigenvalue weighted by Gasteiger charge is -2.41. The van der Waals surface area contributed by atoms with Crippen LogP contribution in [0.15, 0.2) is 0 Å². The van der Waals surface area contributed by atoms with Crippen molar-refractivity contribution in [2.45, 2.75) is 71.0 Å². The average molecular weight is 269 g/mol. The zero-order valence-corrected chi connectivity index (χ0v) is 13.2. The summed E-state index contributed by atoms with van der Waals surface area (Å²) in [4.78, 5) is 14.1. The van der Waals surface area contributed by atoms with E-state index >= 15 is 0 Å². The Labute approximate surface area is 118 Å². The molecule has 0 radical (unpaired) electrons. The number of amides is 1. The molecule has 0 saturated heterocycles. The van der Waals surface area contributed by atoms with Crippen LogP contribution in [0.1, 0.15) is 53.4 Å². The van der Waals surface area contributed by atoms with E-state index in [4.69, 9.17) is 5.73 Å². The number of carbonyl (C=O) groups is 1. The van der Waals surface area contributed by atoms with Crippen LogP contribution in [0.2, 0.25) is 0 Å². The van der Waals surface area contributed by atoms with E-state index in [9.17, 15) is 4.79 Å². The molecular formula is C15H31N3O. The molecular weight excluding hydrogens is 238 g/mol. The van der Waals surface area contributed by atoms with Gasteiger partial charge in [-0.1, -0.05) is 19.8 Å². The summed E-state index contributed by atoms with van der Waals surface area (Å²) in [5, 5.41) is 3.32. The average Bonchev–Trinajstić information content (AvgIpc) is 2.27. The fraction of sp³-hybridized carbons (Fsp3) is 0.933. The first kappa shape index (κ1) is 16.4. The van der Waals surface area contributed by atoms with E-state index in [2.05, 4.69) is 24.2 Å². The van der Waals surface area contributed by atoms with E-state index < -0.39 is 5.54 Å². The predicted octanol–water partition coefficient (Wildman–Crippen LogP) is 1.74. The van der Waals surface area contributed by atoms with Crippen molar-refractivity contribution in [1.82, 2.24) is 10.2 Å². The molecule has 0 aliphatic heterocycles. The maximum absolute atomic E-state index is 11.8. The van der Waals surface area contributed by atoms with Gasteiger partial charge in [0.15, 0.2) is 0 Å². The van der Waals surface area contributed by atoms with Crippen molar-refractivity contribution in [3.05, 3.63) is 0 Å². The van der Waals surface area contributed by atoms with Gasteiger partial charge in [0, 0.05) is 18.6 Å². The molecule has 112 valence electrons. The largest absolute Gasteiger partial charge is 0.368 e. The summed E-state index contributed by atoms with van der Waals surface area (Å²) >= 11 is 0. The van der Waals surface area contributed by atoms with Crippen LogP contribution in [-0.4, -0.2) is 42.0 Å². The van der Waals surface area contributed by atoms with Gasteiger partial charge in [-0.25, -0.2) is 0 Å². The maximum atomic E-state index is 11.8. The SMILES string of the molecule is CC(C)NC(C)(CN(C)C1CCCCC1C)C(N)=O. The van der Waals surface area contributed by atoms with Gasteiger partial charge in [-0.3, -0.25) is 4.79 Å². The molecule has 0 heterocycles. The molecule has 1 aliphatic carbocycles. The number of rotatable bonds is 6. The zero-order chi connectivity index (χ0) is 14.6. The van der Waals surface area contributed by atoms with Gasteiger partial charge in [0.2, 0.25) is 5.91 Å². The zero-order valence-electron chi connectivity index (χ0n) is 13.2. The lowest BCUT2D eigenvalue weighted by atomic mass is 9.84. The van der Waals surface area contributed by atoms with Gasteiger partial charge < -0.3 is 16.0 Å². The lowest BCUT2D eigenvalue weighted by molar-refractivity contribution is -0.125. The second-order valence-corrected chi connectivity index (χ2v) is 6.74. The molecule has 3 N–H and O–H groups in total. The van der Waals surface area contributed by atoms with Crippen LogP contribution < -0.4 is 11.1 Å². The Bertz CT molecular complexity index is 306. The minimum absolute atomic E-state index is 0.245. The van der Waals surface area contributed by atoms with E-state index in [-0.39, 0.29) is 11.9 Å². The van der Waals surface area contributed by atoms with Crippen molar-refractivity contribution in [3.63, 3.8) is 0 Å². The molecule has 4 nitrogen and oxygen atoms in total. The third-order valence-corrected chi connectivity index (χ3v) is 4.35. The van der Waals surface area contributed by atoms with E-state index in [1.807, 2.05) is 20.8 Å². The Morgan fingerprint density at radius 1 is 1.42 bits per heavy atom. The maximum Gasteiger partial charge on any atom is 0.238 e. The summed E-state index contributed by atoms with van der Waals surface area (Å²) in [6, 6.07) is 0.816. The molecule has 1 saturated carbocycles. The highest BCUT2D eigenvalue weighted by Crippen LogP contribution is 2.28. The molecule has 1 rings (SSSR count). The summed E-state index contributed by atoms with van der Waals surface area (Å²) in [5.41, 5.74) is 4.95. The van der Waals surface area contributed by atoms with E-state index in [0.29, 0.717) is 18.5 Å². The summed E-state index contributed by atoms with van der Waals surface area (Å²) < 4.78 is 0. The van der Waals surface area contributed by atoms with Crippen molar-refractivity contribution in [2.75, 3.05) is 13.6 Å². The first-order valence-corrected chi connectivity index (χ1v) is 7.54. The Morgan fingerprint density at radius 3 is 2.47 bits per heavy atom. The van der Waals surface area contributed by atoms with E-state index in [0.717, 1.165) is 0 Å². The van der Waals surface area contributed by atoms with Gasteiger partial charge in [0.05, 0.1) is 0 Å². The topological polar surface area (TPSA) is 58.4 Å². The number of nitrogens with two attached hydrogens (primary N) is 1. The molecule has 0 bridgehead atoms. The quantitative estimate of drug-likeness (QED) is 0.772. The molecule has 3 atom stereocenters. The van der Waals surface area contributed by atoms with Crippen molar-refractivity contribution < 1.29 is 4.79 Å². The summed E-state index contributed by atoms with van der Waals surface area (Å²) in [6.45, 7) is 9.00. The Morgan fingerprint density at radius 2 is 2.00 bits per heavy atom. The third-order valence-electron chi connectivity index (χ3n) is 4.35. The molecule has 0 spiro atoms. The Balaban J connectivity index is 2.70. The minimum Gasteiger partial charge on any atom is -0.368 e. The first-order valence-electron chi connectivity index (χ1n) is 7.54. The highest BCUT2D eigenvalue weighted by molar-refractivity contribution is 5.84. The molecule has 0 aromatic carbocycles. The number of hydrogen-bond acceptors (Lipinski definition) is 3. The van der Waals surface area contributed by atoms with Crippen LogP contribution in [-0.2, 0) is 4.79 Å². The second kappa shape index (κ2) is 6.71. The van der Waals surface area contributed by atoms with Crippen LogP contribution in [0.3, 0.4) is 0 Å². The highest BCUT2D eigenvalue weighted by atomic mass is 16.1. The van der Waals surface area contributed by atoms with E-state index in [1.165, 1.54) is 25.7 Å². The van der Waals surface area contributed by atoms with Crippen molar-refractivity contribution in [3.8, 4) is 0 Å². The Kier molecular flexibility index (Phi) is 5.81. The van der Waals surface area contributed by atoms with Crippen LogP contribution >= 0.6 is 0 Å². The normalized spacial score (nSPS) is 27.5. The molecule has 0 aromatic rings. The smallest absolute Gasteiger partial charge is 0.238 e. The number of nitrogens with zero attached hydrogens (tertiary/aromatic N) is 1. The number of carbonyl (C=O) groups excluding carboxylic acids is 1. The molecule has 1 aliphatic rings. The fourth-order valence-electron chi connectivity index (χ4n) is 3.40. The molecule has 1 fully saturated rings. The number of nitrogens with one attached hydrogen (secondary N) is 1. The summed E-state index contributed by atoms with van der Waals surface area (Å²) in [5.74, 6) is 0.437. The minimum atomic E-state index is -0.653. The van der Waals surface area contributed by atoms with Gasteiger partial charge in [-0.2, -0.15) is 0 Å². The number of hydrogen-bond donors (Lipinski definition) is 2. The van der Waals surface area contributed by atoms with Crippen molar-refractivity contribution in [2.24, 2.45) is 11.7 Å². The molecule has 0 aromatic heterocycles. The van der Waals surface area contributed by atoms with Gasteiger partial charge in [0.1, 0.15) is 5.54 Å². The third kappa shape index (κ3) is 4.46. The summed E-state index contributed by atoms with van der Waals surface area (Å²) in [6.07, 6.45) is 5.15. The van der Waals surface area contributed by atoms with Gasteiger partial charge in [-0.05, 0) is 46.6 Å². The molecule has 3 unspecified atom stereocenters. The molecule has 4 heteroatoms. The van der Waals surface area contributed by atoms with Crippen LogP contribution in [0.4, 0.5) is 0 Å². The van der Waals surface area contributed by atoms with Crippen LogP contribution in [0.25, 0.3) is 0 Å². The molecule has 1 amide bonds. The number of likely N-dealkylation sites (N-methyl/N-ethyl adjacent to an activating group) is 1. The molecule has 19 heavy (non-hydrogen) atoms.